The molecule has 2 aromatic carbocycles. The van der Waals surface area contributed by atoms with E-state index in [-0.39, 0.29) is 29.3 Å². The van der Waals surface area contributed by atoms with Crippen LogP contribution in [0.15, 0.2) is 53.4 Å². The number of nitrogens with one attached hydrogen (secondary N) is 2. The molecule has 0 bridgehead atoms. The third kappa shape index (κ3) is 5.50. The van der Waals surface area contributed by atoms with Crippen LogP contribution in [0.25, 0.3) is 0 Å². The van der Waals surface area contributed by atoms with E-state index in [1.807, 2.05) is 6.92 Å². The summed E-state index contributed by atoms with van der Waals surface area (Å²) in [7, 11) is -3.69. The van der Waals surface area contributed by atoms with Crippen molar-refractivity contribution in [1.82, 2.24) is 10.0 Å². The van der Waals surface area contributed by atoms with E-state index in [1.165, 1.54) is 36.4 Å². The average molecular weight is 384 g/mol. The number of alkyl halides is 2. The number of ether oxygens (including phenoxy) is 1. The van der Waals surface area contributed by atoms with Crippen LogP contribution in [0.5, 0.6) is 5.75 Å². The highest BCUT2D eigenvalue weighted by Crippen LogP contribution is 2.19. The van der Waals surface area contributed by atoms with Crippen LogP contribution in [0.4, 0.5) is 8.78 Å². The summed E-state index contributed by atoms with van der Waals surface area (Å²) in [6, 6.07) is 11.9. The van der Waals surface area contributed by atoms with Crippen LogP contribution in [-0.4, -0.2) is 34.0 Å². The van der Waals surface area contributed by atoms with Crippen molar-refractivity contribution in [3.63, 3.8) is 0 Å². The van der Waals surface area contributed by atoms with Gasteiger partial charge in [-0.3, -0.25) is 4.79 Å². The van der Waals surface area contributed by atoms with E-state index >= 15 is 0 Å². The number of aryl methyl sites for hydroxylation is 1. The summed E-state index contributed by atoms with van der Waals surface area (Å²) in [6.45, 7) is -1.29. The van der Waals surface area contributed by atoms with Gasteiger partial charge in [-0.1, -0.05) is 29.8 Å². The molecule has 0 radical (unpaired) electrons. The fraction of sp³-hybridized carbons (Fsp3) is 0.235. The number of hydrogen-bond donors (Lipinski definition) is 2. The first-order valence-corrected chi connectivity index (χ1v) is 9.16. The molecule has 2 N–H and O–H groups in total. The van der Waals surface area contributed by atoms with E-state index in [2.05, 4.69) is 14.8 Å². The van der Waals surface area contributed by atoms with Gasteiger partial charge >= 0.3 is 6.61 Å². The van der Waals surface area contributed by atoms with Crippen LogP contribution >= 0.6 is 0 Å². The van der Waals surface area contributed by atoms with Crippen molar-refractivity contribution >= 4 is 15.9 Å². The monoisotopic (exact) mass is 384 g/mol. The van der Waals surface area contributed by atoms with Gasteiger partial charge in [-0.05, 0) is 31.2 Å². The maximum absolute atomic E-state index is 12.4. The first-order valence-electron chi connectivity index (χ1n) is 7.68. The molecule has 0 spiro atoms. The van der Waals surface area contributed by atoms with Crippen molar-refractivity contribution < 1.29 is 26.7 Å². The molecule has 0 aromatic heterocycles. The van der Waals surface area contributed by atoms with Crippen LogP contribution in [0.1, 0.15) is 15.9 Å². The van der Waals surface area contributed by atoms with Gasteiger partial charge in [0.2, 0.25) is 10.0 Å². The van der Waals surface area contributed by atoms with Crippen molar-refractivity contribution in [3.8, 4) is 5.75 Å². The molecule has 0 saturated carbocycles. The Kier molecular flexibility index (Phi) is 6.64. The number of hydrogen-bond acceptors (Lipinski definition) is 4. The fourth-order valence-electron chi connectivity index (χ4n) is 2.11. The van der Waals surface area contributed by atoms with Crippen LogP contribution in [0.2, 0.25) is 0 Å². The Morgan fingerprint density at radius 2 is 1.73 bits per heavy atom. The molecule has 0 aliphatic rings. The molecular weight excluding hydrogens is 366 g/mol. The molecule has 0 atom stereocenters. The Bertz CT molecular complexity index is 855. The van der Waals surface area contributed by atoms with Gasteiger partial charge in [0, 0.05) is 13.1 Å². The molecule has 0 aliphatic carbocycles. The molecular formula is C17H18F2N2O4S. The van der Waals surface area contributed by atoms with Gasteiger partial charge in [-0.15, -0.1) is 0 Å². The molecule has 9 heteroatoms. The number of carbonyl (C=O) groups is 1. The smallest absolute Gasteiger partial charge is 0.387 e. The molecule has 0 heterocycles. The molecule has 0 unspecified atom stereocenters. The quantitative estimate of drug-likeness (QED) is 0.684. The third-order valence-corrected chi connectivity index (χ3v) is 4.86. The molecule has 6 nitrogen and oxygen atoms in total. The van der Waals surface area contributed by atoms with E-state index in [0.717, 1.165) is 5.56 Å². The van der Waals surface area contributed by atoms with E-state index in [1.54, 1.807) is 12.1 Å². The minimum absolute atomic E-state index is 0.0209. The first-order chi connectivity index (χ1) is 12.3. The highest BCUT2D eigenvalue weighted by molar-refractivity contribution is 7.89. The predicted molar refractivity (Wildman–Crippen MR) is 91.8 cm³/mol. The normalized spacial score (nSPS) is 11.4. The number of sulfonamides is 1. The van der Waals surface area contributed by atoms with Crippen LogP contribution < -0.4 is 14.8 Å². The summed E-state index contributed by atoms with van der Waals surface area (Å²) >= 11 is 0. The zero-order chi connectivity index (χ0) is 19.2. The number of halogens is 2. The van der Waals surface area contributed by atoms with Gasteiger partial charge in [-0.2, -0.15) is 8.78 Å². The van der Waals surface area contributed by atoms with Crippen molar-refractivity contribution in [2.24, 2.45) is 0 Å². The van der Waals surface area contributed by atoms with Gasteiger partial charge < -0.3 is 10.1 Å². The lowest BCUT2D eigenvalue weighted by Crippen LogP contribution is -2.34. The van der Waals surface area contributed by atoms with E-state index < -0.39 is 22.5 Å². The molecule has 0 saturated heterocycles. The lowest BCUT2D eigenvalue weighted by atomic mass is 10.2. The van der Waals surface area contributed by atoms with Gasteiger partial charge in [0.25, 0.3) is 5.91 Å². The Balaban J connectivity index is 1.90. The summed E-state index contributed by atoms with van der Waals surface area (Å²) in [5.74, 6) is -0.893. The molecule has 2 rings (SSSR count). The van der Waals surface area contributed by atoms with Crippen molar-refractivity contribution in [2.75, 3.05) is 13.1 Å². The summed E-state index contributed by atoms with van der Waals surface area (Å²) in [4.78, 5) is 12.2. The number of amides is 1. The number of benzene rings is 2. The lowest BCUT2D eigenvalue weighted by Gasteiger charge is -2.11. The van der Waals surface area contributed by atoms with Crippen LogP contribution in [0.3, 0.4) is 0 Å². The maximum Gasteiger partial charge on any atom is 0.387 e. The zero-order valence-corrected chi connectivity index (χ0v) is 14.7. The first kappa shape index (κ1) is 19.8. The van der Waals surface area contributed by atoms with E-state index in [4.69, 9.17) is 0 Å². The summed E-state index contributed by atoms with van der Waals surface area (Å²) < 4.78 is 55.6. The average Bonchev–Trinajstić information content (AvgIpc) is 2.59. The number of carbonyl (C=O) groups excluding carboxylic acids is 1. The summed E-state index contributed by atoms with van der Waals surface area (Å²) in [6.07, 6.45) is 0. The molecule has 0 fully saturated rings. The lowest BCUT2D eigenvalue weighted by molar-refractivity contribution is -0.0501. The second kappa shape index (κ2) is 8.72. The molecule has 26 heavy (non-hydrogen) atoms. The minimum Gasteiger partial charge on any atom is -0.434 e. The second-order valence-corrected chi connectivity index (χ2v) is 7.11. The Labute approximate surface area is 150 Å². The topological polar surface area (TPSA) is 84.5 Å². The predicted octanol–water partition coefficient (Wildman–Crippen LogP) is 2.30. The molecule has 2 aromatic rings. The standard InChI is InChI=1S/C17H18F2N2O4S/c1-12-6-8-13(9-7-12)26(23,24)21-11-10-20-16(22)14-4-2-3-5-15(14)25-17(18)19/h2-9,17,21H,10-11H2,1H3,(H,20,22). The second-order valence-electron chi connectivity index (χ2n) is 5.34. The van der Waals surface area contributed by atoms with Crippen molar-refractivity contribution in [3.05, 3.63) is 59.7 Å². The molecule has 1 amide bonds. The van der Waals surface area contributed by atoms with Gasteiger partial charge in [0.1, 0.15) is 5.75 Å². The SMILES string of the molecule is Cc1ccc(S(=O)(=O)NCCNC(=O)c2ccccc2OC(F)F)cc1. The van der Waals surface area contributed by atoms with Crippen molar-refractivity contribution in [1.29, 1.82) is 0 Å². The highest BCUT2D eigenvalue weighted by atomic mass is 32.2. The van der Waals surface area contributed by atoms with Gasteiger partial charge in [-0.25, -0.2) is 13.1 Å². The third-order valence-electron chi connectivity index (χ3n) is 3.38. The van der Waals surface area contributed by atoms with Gasteiger partial charge in [0.15, 0.2) is 0 Å². The highest BCUT2D eigenvalue weighted by Gasteiger charge is 2.16. The Morgan fingerprint density at radius 3 is 2.38 bits per heavy atom. The number of rotatable bonds is 8. The summed E-state index contributed by atoms with van der Waals surface area (Å²) in [5.41, 5.74) is 0.870. The maximum atomic E-state index is 12.4. The minimum atomic E-state index is -3.69. The van der Waals surface area contributed by atoms with Crippen molar-refractivity contribution in [2.45, 2.75) is 18.4 Å². The Morgan fingerprint density at radius 1 is 1.08 bits per heavy atom. The zero-order valence-electron chi connectivity index (χ0n) is 13.9. The molecule has 140 valence electrons. The van der Waals surface area contributed by atoms with Crippen LogP contribution in [0, 0.1) is 6.92 Å². The van der Waals surface area contributed by atoms with Crippen LogP contribution in [-0.2, 0) is 10.0 Å². The number of para-hydroxylation sites is 1. The fourth-order valence-corrected chi connectivity index (χ4v) is 3.14. The largest absolute Gasteiger partial charge is 0.434 e. The van der Waals surface area contributed by atoms with E-state index in [0.29, 0.717) is 0 Å². The molecule has 0 aliphatic heterocycles. The summed E-state index contributed by atoms with van der Waals surface area (Å²) in [5, 5.41) is 2.45. The van der Waals surface area contributed by atoms with E-state index in [9.17, 15) is 22.0 Å². The van der Waals surface area contributed by atoms with Gasteiger partial charge in [0.05, 0.1) is 10.5 Å². The Hall–Kier alpha value is -2.52.